The molecule has 4 rings (SSSR count). The molecule has 36 heavy (non-hydrogen) atoms. The number of benzene rings is 3. The molecule has 184 valence electrons. The SMILES string of the molecule is C=N/C([C](O)=[Sn])=C(/N)N[C@H]1CC(O)[C@@H](COC(c2ccccc2)(c2ccccc2)c2ccccc2)O1. The molecule has 0 amide bonds. The van der Waals surface area contributed by atoms with Crippen LogP contribution in [0.3, 0.4) is 0 Å². The molecule has 1 aliphatic rings. The molecular formula is C28H29N3O4Sn. The van der Waals surface area contributed by atoms with Crippen LogP contribution in [0, 0.1) is 0 Å². The van der Waals surface area contributed by atoms with Crippen LogP contribution in [0.5, 0.6) is 0 Å². The van der Waals surface area contributed by atoms with Crippen LogP contribution in [0.15, 0.2) is 108 Å². The number of aliphatic imine (C=N–C) groups is 1. The van der Waals surface area contributed by atoms with E-state index in [1.165, 1.54) is 0 Å². The Morgan fingerprint density at radius 3 is 1.89 bits per heavy atom. The third-order valence-electron chi connectivity index (χ3n) is 6.18. The Bertz CT molecular complexity index is 1110. The molecule has 8 heteroatoms. The quantitative estimate of drug-likeness (QED) is 0.164. The number of hydrogen-bond donors (Lipinski definition) is 4. The van der Waals surface area contributed by atoms with Crippen molar-refractivity contribution in [1.82, 2.24) is 5.32 Å². The second-order valence-corrected chi connectivity index (χ2v) is 9.82. The Morgan fingerprint density at radius 2 is 1.47 bits per heavy atom. The van der Waals surface area contributed by atoms with Crippen LogP contribution in [-0.2, 0) is 15.1 Å². The molecule has 1 saturated heterocycles. The standard InChI is InChI=1S/C28H29N3O4.Sn/c1-30-23(18-32)27(29)31-26-17-24(33)25(35-26)19-34-28(20-11-5-2-6-12-20,21-13-7-3-8-14-21)22-15-9-4-10-16-22;/h2-16,24-26,31-33H,1,17,19,29H2;/b27-23-;/t24?,25-,26-;/m1./s1. The molecule has 0 spiro atoms. The minimum atomic E-state index is -0.913. The van der Waals surface area contributed by atoms with Gasteiger partial charge in [0.15, 0.2) is 0 Å². The van der Waals surface area contributed by atoms with Gasteiger partial charge >= 0.3 is 170 Å². The number of hydrogen-bond acceptors (Lipinski definition) is 7. The van der Waals surface area contributed by atoms with Gasteiger partial charge < -0.3 is 0 Å². The molecule has 1 unspecified atom stereocenters. The molecule has 2 radical (unpaired) electrons. The van der Waals surface area contributed by atoms with Gasteiger partial charge in [0.2, 0.25) is 0 Å². The van der Waals surface area contributed by atoms with E-state index < -0.39 is 24.0 Å². The van der Waals surface area contributed by atoms with E-state index in [4.69, 9.17) is 15.2 Å². The van der Waals surface area contributed by atoms with Gasteiger partial charge in [-0.25, -0.2) is 0 Å². The summed E-state index contributed by atoms with van der Waals surface area (Å²) in [6, 6.07) is 30.1. The van der Waals surface area contributed by atoms with E-state index in [1.807, 2.05) is 91.0 Å². The minimum absolute atomic E-state index is 0.0268. The van der Waals surface area contributed by atoms with Crippen molar-refractivity contribution < 1.29 is 19.7 Å². The van der Waals surface area contributed by atoms with Crippen LogP contribution < -0.4 is 11.1 Å². The van der Waals surface area contributed by atoms with E-state index in [0.717, 1.165) is 38.7 Å². The summed E-state index contributed by atoms with van der Waals surface area (Å²) in [6.07, 6.45) is -1.65. The average Bonchev–Trinajstić information content (AvgIpc) is 3.25. The monoisotopic (exact) mass is 591 g/mol. The maximum absolute atomic E-state index is 10.8. The van der Waals surface area contributed by atoms with Gasteiger partial charge in [0.05, 0.1) is 0 Å². The Labute approximate surface area is 223 Å². The van der Waals surface area contributed by atoms with E-state index in [0.29, 0.717) is 6.42 Å². The molecule has 1 heterocycles. The van der Waals surface area contributed by atoms with E-state index in [2.05, 4.69) is 17.0 Å². The number of aliphatic hydroxyl groups excluding tert-OH is 2. The fraction of sp³-hybridized carbons (Fsp3) is 0.214. The first-order valence-electron chi connectivity index (χ1n) is 11.6. The van der Waals surface area contributed by atoms with Gasteiger partial charge in [-0.2, -0.15) is 0 Å². The molecule has 0 bridgehead atoms. The fourth-order valence-electron chi connectivity index (χ4n) is 4.48. The molecule has 3 atom stereocenters. The van der Waals surface area contributed by atoms with Crippen LogP contribution >= 0.6 is 0 Å². The van der Waals surface area contributed by atoms with Gasteiger partial charge in [-0.15, -0.1) is 0 Å². The van der Waals surface area contributed by atoms with Gasteiger partial charge in [0.25, 0.3) is 0 Å². The van der Waals surface area contributed by atoms with E-state index in [9.17, 15) is 10.2 Å². The Kier molecular flexibility index (Phi) is 8.58. The van der Waals surface area contributed by atoms with Gasteiger partial charge in [-0.1, -0.05) is 54.6 Å². The van der Waals surface area contributed by atoms with Gasteiger partial charge in [0.1, 0.15) is 0 Å². The predicted molar refractivity (Wildman–Crippen MR) is 141 cm³/mol. The Hall–Kier alpha value is -2.98. The molecule has 1 fully saturated rings. The second-order valence-electron chi connectivity index (χ2n) is 8.47. The summed E-state index contributed by atoms with van der Waals surface area (Å²) in [7, 11) is 0. The van der Waals surface area contributed by atoms with E-state index in [1.54, 1.807) is 0 Å². The molecule has 3 aromatic carbocycles. The zero-order valence-electron chi connectivity index (χ0n) is 19.7. The van der Waals surface area contributed by atoms with Crippen LogP contribution in [0.2, 0.25) is 0 Å². The average molecular weight is 590 g/mol. The van der Waals surface area contributed by atoms with Crippen molar-refractivity contribution in [2.24, 2.45) is 10.7 Å². The normalized spacial score (nSPS) is 20.4. The molecule has 0 saturated carbocycles. The first-order chi connectivity index (χ1) is 17.5. The second kappa shape index (κ2) is 11.8. The van der Waals surface area contributed by atoms with E-state index in [-0.39, 0.29) is 21.8 Å². The van der Waals surface area contributed by atoms with Crippen LogP contribution in [0.4, 0.5) is 0 Å². The van der Waals surface area contributed by atoms with Crippen LogP contribution in [0.25, 0.3) is 0 Å². The van der Waals surface area contributed by atoms with Crippen LogP contribution in [-0.4, -0.2) is 67.7 Å². The topological polar surface area (TPSA) is 109 Å². The summed E-state index contributed by atoms with van der Waals surface area (Å²) in [5.74, 6) is 0.144. The van der Waals surface area contributed by atoms with E-state index >= 15 is 0 Å². The van der Waals surface area contributed by atoms with Gasteiger partial charge in [-0.05, 0) is 0 Å². The van der Waals surface area contributed by atoms with Crippen molar-refractivity contribution in [3.63, 3.8) is 0 Å². The zero-order valence-corrected chi connectivity index (χ0v) is 22.6. The number of nitrogens with one attached hydrogen (secondary N) is 1. The number of nitrogens with two attached hydrogens (primary N) is 1. The first kappa shape index (κ1) is 26.1. The number of aliphatic hydroxyl groups is 2. The summed E-state index contributed by atoms with van der Waals surface area (Å²) in [4.78, 5) is 3.77. The van der Waals surface area contributed by atoms with Crippen molar-refractivity contribution in [3.05, 3.63) is 119 Å². The Morgan fingerprint density at radius 1 is 1.00 bits per heavy atom. The van der Waals surface area contributed by atoms with Crippen molar-refractivity contribution in [2.75, 3.05) is 6.61 Å². The third-order valence-corrected chi connectivity index (χ3v) is 6.86. The Balaban J connectivity index is 1.64. The first-order valence-corrected chi connectivity index (χ1v) is 13.0. The molecule has 0 aromatic heterocycles. The van der Waals surface area contributed by atoms with Crippen molar-refractivity contribution in [1.29, 1.82) is 0 Å². The molecule has 7 nitrogen and oxygen atoms in total. The summed E-state index contributed by atoms with van der Waals surface area (Å²) in [6.45, 7) is 3.57. The van der Waals surface area contributed by atoms with Gasteiger partial charge in [-0.3, -0.25) is 0 Å². The number of nitrogens with zero attached hydrogens (tertiary/aromatic N) is 1. The molecular weight excluding hydrogens is 561 g/mol. The molecule has 0 aliphatic carbocycles. The summed E-state index contributed by atoms with van der Waals surface area (Å²) in [5, 5.41) is 23.6. The zero-order chi connectivity index (χ0) is 25.5. The number of ether oxygens (including phenoxy) is 2. The number of rotatable bonds is 10. The third kappa shape index (κ3) is 5.54. The van der Waals surface area contributed by atoms with Crippen molar-refractivity contribution in [2.45, 2.75) is 30.5 Å². The summed E-state index contributed by atoms with van der Waals surface area (Å²) >= 11 is 0.762. The van der Waals surface area contributed by atoms with Crippen molar-refractivity contribution >= 4 is 32.5 Å². The maximum atomic E-state index is 10.8. The van der Waals surface area contributed by atoms with Crippen LogP contribution in [0.1, 0.15) is 23.1 Å². The fourth-order valence-corrected chi connectivity index (χ4v) is 5.09. The molecule has 1 aliphatic heterocycles. The summed E-state index contributed by atoms with van der Waals surface area (Å²) < 4.78 is 12.9. The van der Waals surface area contributed by atoms with Crippen molar-refractivity contribution in [3.8, 4) is 0 Å². The summed E-state index contributed by atoms with van der Waals surface area (Å²) in [5.41, 5.74) is 8.22. The molecule has 3 aromatic rings. The van der Waals surface area contributed by atoms with Gasteiger partial charge in [0, 0.05) is 0 Å². The molecule has 5 N–H and O–H groups in total. The predicted octanol–water partition coefficient (Wildman–Crippen LogP) is 2.56.